The van der Waals surface area contributed by atoms with E-state index in [1.807, 2.05) is 38.1 Å². The second-order valence-electron chi connectivity index (χ2n) is 15.9. The van der Waals surface area contributed by atoms with E-state index >= 15 is 0 Å². The lowest BCUT2D eigenvalue weighted by atomic mass is 9.64. The Morgan fingerprint density at radius 2 is 1.07 bits per heavy atom. The molecular weight excluding hydrogens is 768 g/mol. The van der Waals surface area contributed by atoms with Crippen LogP contribution in [0.4, 0.5) is 0 Å². The third-order valence-corrected chi connectivity index (χ3v) is 14.2. The summed E-state index contributed by atoms with van der Waals surface area (Å²) in [6.45, 7) is 6.46. The van der Waals surface area contributed by atoms with Crippen LogP contribution >= 0.6 is 15.6 Å². The summed E-state index contributed by atoms with van der Waals surface area (Å²) in [7, 11) is -8.23. The summed E-state index contributed by atoms with van der Waals surface area (Å²) >= 11 is 0. The number of phosphoric ester groups is 2. The minimum absolute atomic E-state index is 0.0365. The zero-order chi connectivity index (χ0) is 41.3. The quantitative estimate of drug-likeness (QED) is 0.0986. The van der Waals surface area contributed by atoms with Crippen LogP contribution in [0.3, 0.4) is 0 Å². The Labute approximate surface area is 329 Å². The molecule has 2 spiro atoms. The van der Waals surface area contributed by atoms with E-state index in [-0.39, 0.29) is 58.0 Å². The highest BCUT2D eigenvalue weighted by Crippen LogP contribution is 2.57. The van der Waals surface area contributed by atoms with Crippen molar-refractivity contribution in [2.75, 3.05) is 26.4 Å². The van der Waals surface area contributed by atoms with Crippen molar-refractivity contribution in [2.45, 2.75) is 158 Å². The lowest BCUT2D eigenvalue weighted by Crippen LogP contribution is -2.69. The number of nitrogens with one attached hydrogen (secondary N) is 1. The molecule has 0 atom stereocenters. The van der Waals surface area contributed by atoms with Gasteiger partial charge in [-0.1, -0.05) is 6.08 Å². The van der Waals surface area contributed by atoms with E-state index in [2.05, 4.69) is 5.32 Å². The van der Waals surface area contributed by atoms with E-state index in [9.17, 15) is 24.3 Å². The van der Waals surface area contributed by atoms with Crippen LogP contribution in [0.15, 0.2) is 11.6 Å². The molecule has 56 heavy (non-hydrogen) atoms. The number of piperidine rings is 1. The maximum atomic E-state index is 14.0. The first kappa shape index (κ1) is 45.9. The molecule has 0 aromatic carbocycles. The maximum Gasteiger partial charge on any atom is 0.475 e. The second-order valence-corrected chi connectivity index (χ2v) is 19.1. The average molecular weight is 824 g/mol. The molecule has 3 fully saturated rings. The van der Waals surface area contributed by atoms with Gasteiger partial charge in [-0.25, -0.2) is 9.13 Å². The summed E-state index contributed by atoms with van der Waals surface area (Å²) in [4.78, 5) is 14.0. The van der Waals surface area contributed by atoms with Gasteiger partial charge in [-0.2, -0.15) is 31.2 Å². The molecule has 0 aromatic rings. The van der Waals surface area contributed by atoms with Gasteiger partial charge >= 0.3 is 15.6 Å². The van der Waals surface area contributed by atoms with Gasteiger partial charge in [-0.15, -0.1) is 0 Å². The number of rotatable bonds is 18. The normalized spacial score (nSPS) is 29.2. The molecule has 0 unspecified atom stereocenters. The van der Waals surface area contributed by atoms with Gasteiger partial charge in [0.25, 0.3) is 0 Å². The Balaban J connectivity index is 1.55. The van der Waals surface area contributed by atoms with Crippen LogP contribution in [0, 0.1) is 45.3 Å². The molecule has 0 aromatic heterocycles. The molecule has 4 rings (SSSR count). The van der Waals surface area contributed by atoms with Gasteiger partial charge in [-0.3, -0.25) is 31.9 Å². The first-order valence-electron chi connectivity index (χ1n) is 19.1. The zero-order valence-electron chi connectivity index (χ0n) is 32.7. The van der Waals surface area contributed by atoms with Crippen molar-refractivity contribution in [1.82, 2.24) is 15.4 Å². The number of hydrogen-bond acceptors (Lipinski definition) is 17. The molecule has 2 heterocycles. The highest BCUT2D eigenvalue weighted by atomic mass is 31.2. The fourth-order valence-corrected chi connectivity index (χ4v) is 11.3. The Kier molecular flexibility index (Phi) is 15.8. The number of amides is 1. The number of carbonyl (C=O) groups is 1. The predicted molar refractivity (Wildman–Crippen MR) is 197 cm³/mol. The van der Waals surface area contributed by atoms with Crippen LogP contribution in [0.1, 0.15) is 118 Å². The number of carbonyl (C=O) groups excluding carboxylic acids is 1. The van der Waals surface area contributed by atoms with Crippen molar-refractivity contribution in [3.05, 3.63) is 11.6 Å². The minimum atomic E-state index is -4.12. The molecule has 4 aliphatic rings. The predicted octanol–water partition coefficient (Wildman–Crippen LogP) is 6.48. The smallest absolute Gasteiger partial charge is 0.349 e. The van der Waals surface area contributed by atoms with Crippen molar-refractivity contribution in [1.29, 1.82) is 21.0 Å². The standard InChI is InChI=1S/C36H55N7O11P2/c1-33(2)27-31(34(3,4)42(33)45)32(44)41-28-25-35(13-9-29(10-14-35)53-55(47,49-21-5-17-37)50-22-6-18-38)43(46)36(26-28)15-11-30(12-16-36)54-56(48,51-23-7-19-39)52-24-8-20-40/h27-30,45-46H,5-16,21-26H2,1-4H3,(H,41,44). The largest absolute Gasteiger partial charge is 0.475 e. The fourth-order valence-electron chi connectivity index (χ4n) is 8.47. The molecule has 3 N–H and O–H groups in total. The number of hydrogen-bond donors (Lipinski definition) is 3. The van der Waals surface area contributed by atoms with E-state index in [0.717, 1.165) is 5.06 Å². The summed E-state index contributed by atoms with van der Waals surface area (Å²) in [6, 6.07) is 7.26. The van der Waals surface area contributed by atoms with Crippen LogP contribution in [0.2, 0.25) is 0 Å². The second kappa shape index (κ2) is 19.3. The van der Waals surface area contributed by atoms with Gasteiger partial charge in [-0.05, 0) is 91.9 Å². The highest BCUT2D eigenvalue weighted by molar-refractivity contribution is 7.48. The zero-order valence-corrected chi connectivity index (χ0v) is 34.5. The van der Waals surface area contributed by atoms with Crippen molar-refractivity contribution >= 4 is 21.6 Å². The molecular formula is C36H55N7O11P2. The molecule has 310 valence electrons. The first-order chi connectivity index (χ1) is 26.4. The fraction of sp³-hybridized carbons (Fsp3) is 0.806. The molecule has 18 nitrogen and oxygen atoms in total. The van der Waals surface area contributed by atoms with Crippen molar-refractivity contribution in [3.8, 4) is 24.3 Å². The van der Waals surface area contributed by atoms with Crippen LogP contribution in [0.25, 0.3) is 0 Å². The number of nitrogens with zero attached hydrogens (tertiary/aromatic N) is 6. The molecule has 0 radical (unpaired) electrons. The maximum absolute atomic E-state index is 14.0. The first-order valence-corrected chi connectivity index (χ1v) is 22.0. The summed E-state index contributed by atoms with van der Waals surface area (Å²) < 4.78 is 60.4. The Bertz CT molecular complexity index is 1540. The summed E-state index contributed by atoms with van der Waals surface area (Å²) in [5.74, 6) is -0.328. The Morgan fingerprint density at radius 1 is 0.714 bits per heavy atom. The van der Waals surface area contributed by atoms with Crippen molar-refractivity contribution in [3.63, 3.8) is 0 Å². The van der Waals surface area contributed by atoms with Crippen molar-refractivity contribution in [2.24, 2.45) is 0 Å². The summed E-state index contributed by atoms with van der Waals surface area (Å²) in [5.41, 5.74) is -3.01. The van der Waals surface area contributed by atoms with Gasteiger partial charge in [0.1, 0.15) is 0 Å². The van der Waals surface area contributed by atoms with E-state index in [0.29, 0.717) is 69.8 Å². The van der Waals surface area contributed by atoms with Crippen LogP contribution in [-0.2, 0) is 41.1 Å². The van der Waals surface area contributed by atoms with Crippen LogP contribution in [0.5, 0.6) is 0 Å². The molecule has 0 bridgehead atoms. The SMILES string of the molecule is CC1(C)C=C(C(=O)NC2CC3(CCC(OP(=O)(OCCC#N)OCCC#N)CC3)N(O)C3(CCC(OP(=O)(OCCC#N)OCCC#N)CC3)C2)C(C)(C)N1O. The van der Waals surface area contributed by atoms with E-state index in [1.165, 1.54) is 5.06 Å². The topological polar surface area (TPSA) is 261 Å². The Morgan fingerprint density at radius 3 is 1.38 bits per heavy atom. The number of phosphoric acid groups is 2. The number of nitriles is 4. The van der Waals surface area contributed by atoms with E-state index in [1.54, 1.807) is 19.9 Å². The minimum Gasteiger partial charge on any atom is -0.349 e. The molecule has 1 amide bonds. The van der Waals surface area contributed by atoms with Crippen LogP contribution < -0.4 is 5.32 Å². The monoisotopic (exact) mass is 823 g/mol. The van der Waals surface area contributed by atoms with E-state index in [4.69, 9.17) is 48.2 Å². The van der Waals surface area contributed by atoms with Crippen molar-refractivity contribution < 1.29 is 51.5 Å². The molecule has 20 heteroatoms. The third-order valence-electron chi connectivity index (χ3n) is 11.1. The summed E-state index contributed by atoms with van der Waals surface area (Å²) in [6.07, 6.45) is 4.15. The molecule has 1 saturated heterocycles. The number of hydroxylamine groups is 4. The van der Waals surface area contributed by atoms with Gasteiger partial charge in [0.15, 0.2) is 0 Å². The lowest BCUT2D eigenvalue weighted by Gasteiger charge is -2.60. The third kappa shape index (κ3) is 11.0. The van der Waals surface area contributed by atoms with Gasteiger partial charge < -0.3 is 15.7 Å². The van der Waals surface area contributed by atoms with Gasteiger partial charge in [0, 0.05) is 22.7 Å². The van der Waals surface area contributed by atoms with E-state index < -0.39 is 56.1 Å². The van der Waals surface area contributed by atoms with Crippen LogP contribution in [-0.4, -0.2) is 93.3 Å². The molecule has 2 saturated carbocycles. The Hall–Kier alpha value is -2.77. The highest BCUT2D eigenvalue weighted by Gasteiger charge is 2.58. The van der Waals surface area contributed by atoms with Gasteiger partial charge in [0.05, 0.1) is 99.7 Å². The molecule has 2 aliphatic heterocycles. The lowest BCUT2D eigenvalue weighted by molar-refractivity contribution is -0.286. The summed E-state index contributed by atoms with van der Waals surface area (Å²) in [5, 5.41) is 64.8. The molecule has 2 aliphatic carbocycles. The van der Waals surface area contributed by atoms with Gasteiger partial charge in [0.2, 0.25) is 5.91 Å². The average Bonchev–Trinajstić information content (AvgIpc) is 3.31.